The van der Waals surface area contributed by atoms with E-state index in [1.165, 1.54) is 191 Å². The third-order valence-electron chi connectivity index (χ3n) is 20.3. The zero-order valence-corrected chi connectivity index (χ0v) is 48.8. The molecule has 0 bridgehead atoms. The van der Waals surface area contributed by atoms with Gasteiger partial charge in [-0.25, -0.2) is 9.97 Å². The van der Waals surface area contributed by atoms with E-state index in [-0.39, 0.29) is 6.71 Å². The van der Waals surface area contributed by atoms with Crippen LogP contribution >= 0.6 is 0 Å². The van der Waals surface area contributed by atoms with Crippen molar-refractivity contribution >= 4 is 66.7 Å². The molecule has 0 spiro atoms. The minimum atomic E-state index is -0.0591. The molecule has 5 heteroatoms. The van der Waals surface area contributed by atoms with Crippen LogP contribution in [0, 0.1) is 0 Å². The van der Waals surface area contributed by atoms with Crippen LogP contribution in [0.4, 0.5) is 0 Å². The van der Waals surface area contributed by atoms with Crippen LogP contribution in [0.1, 0.15) is 87.2 Å². The molecule has 0 atom stereocenters. The first-order valence-corrected chi connectivity index (χ1v) is 31.9. The Kier molecular flexibility index (Phi) is 11.8. The first-order valence-electron chi connectivity index (χ1n) is 31.9. The summed E-state index contributed by atoms with van der Waals surface area (Å²) in [7, 11) is 0. The normalized spacial score (nSPS) is 14.8. The number of aromatic nitrogens is 4. The predicted octanol–water partition coefficient (Wildman–Crippen LogP) is 19.6. The second kappa shape index (κ2) is 20.4. The van der Waals surface area contributed by atoms with Gasteiger partial charge in [0.1, 0.15) is 0 Å². The van der Waals surface area contributed by atoms with Crippen molar-refractivity contribution in [3.05, 3.63) is 260 Å². The molecule has 414 valence electrons. The molecular weight excluding hydrogens is 1050 g/mol. The Morgan fingerprint density at radius 3 is 1.11 bits per heavy atom. The lowest BCUT2D eigenvalue weighted by atomic mass is 9.34. The topological polar surface area (TPSA) is 35.6 Å². The summed E-state index contributed by atoms with van der Waals surface area (Å²) < 4.78 is 5.49. The SMILES string of the molecule is c1ccc(-c2cc(-c3ccccc3)c3c4c(C5CCCCC5)ccc5c4n(c3c2)-c2cc(-c3cc(-c4ccccc4)nc(-c4ccccc4)n3)cc3c2B5c2ccc(C4CCCCC4)c4c5c(-c6ccccc6)cc(-c6ccccc6)cc5n-3c24)cc1. The van der Waals surface area contributed by atoms with Crippen molar-refractivity contribution in [3.8, 4) is 89.8 Å². The maximum atomic E-state index is 5.68. The molecular formula is C82H63BN4. The molecule has 2 aliphatic heterocycles. The Morgan fingerprint density at radius 1 is 0.310 bits per heavy atom. The van der Waals surface area contributed by atoms with Gasteiger partial charge in [-0.15, -0.1) is 0 Å². The summed E-state index contributed by atoms with van der Waals surface area (Å²) in [5.74, 6) is 1.64. The van der Waals surface area contributed by atoms with E-state index in [0.717, 1.165) is 28.1 Å². The van der Waals surface area contributed by atoms with Crippen LogP contribution in [-0.2, 0) is 0 Å². The van der Waals surface area contributed by atoms with Crippen molar-refractivity contribution in [2.24, 2.45) is 0 Å². The fourth-order valence-corrected chi connectivity index (χ4v) is 16.4. The average Bonchev–Trinajstić information content (AvgIpc) is 1.57. The van der Waals surface area contributed by atoms with Crippen LogP contribution in [0.25, 0.3) is 133 Å². The molecule has 0 radical (unpaired) electrons. The Hall–Kier alpha value is -9.84. The molecule has 18 rings (SSSR count). The van der Waals surface area contributed by atoms with Crippen LogP contribution < -0.4 is 16.4 Å². The molecule has 4 nitrogen and oxygen atoms in total. The number of fused-ring (bicyclic) bond motifs is 10. The van der Waals surface area contributed by atoms with Gasteiger partial charge in [0.2, 0.25) is 0 Å². The molecule has 0 unspecified atom stereocenters. The minimum absolute atomic E-state index is 0.0591. The van der Waals surface area contributed by atoms with Crippen LogP contribution in [-0.4, -0.2) is 25.8 Å². The Labute approximate surface area is 508 Å². The third-order valence-corrected chi connectivity index (χ3v) is 20.3. The molecule has 2 saturated carbocycles. The first-order chi connectivity index (χ1) is 43.2. The van der Waals surface area contributed by atoms with E-state index in [9.17, 15) is 0 Å². The molecule has 5 heterocycles. The van der Waals surface area contributed by atoms with Crippen molar-refractivity contribution in [1.29, 1.82) is 0 Å². The zero-order valence-electron chi connectivity index (χ0n) is 48.8. The second-order valence-corrected chi connectivity index (χ2v) is 25.1. The van der Waals surface area contributed by atoms with Gasteiger partial charge in [0.25, 0.3) is 6.71 Å². The van der Waals surface area contributed by atoms with Crippen LogP contribution in [0.5, 0.6) is 0 Å². The summed E-state index contributed by atoms with van der Waals surface area (Å²) in [5.41, 5.74) is 29.5. The zero-order chi connectivity index (χ0) is 57.1. The van der Waals surface area contributed by atoms with Crippen molar-refractivity contribution in [3.63, 3.8) is 0 Å². The molecule has 11 aromatic carbocycles. The average molecular weight is 1120 g/mol. The summed E-state index contributed by atoms with van der Waals surface area (Å²) in [6.45, 7) is -0.0591. The van der Waals surface area contributed by atoms with Crippen LogP contribution in [0.2, 0.25) is 0 Å². The molecule has 87 heavy (non-hydrogen) atoms. The highest BCUT2D eigenvalue weighted by molar-refractivity contribution is 7.00. The second-order valence-electron chi connectivity index (χ2n) is 25.1. The van der Waals surface area contributed by atoms with Gasteiger partial charge >= 0.3 is 0 Å². The molecule has 14 aromatic rings. The number of rotatable bonds is 9. The first kappa shape index (κ1) is 50.5. The van der Waals surface area contributed by atoms with E-state index in [1.807, 2.05) is 0 Å². The van der Waals surface area contributed by atoms with Crippen molar-refractivity contribution in [1.82, 2.24) is 19.1 Å². The predicted molar refractivity (Wildman–Crippen MR) is 365 cm³/mol. The monoisotopic (exact) mass is 1110 g/mol. The lowest BCUT2D eigenvalue weighted by Crippen LogP contribution is -2.59. The number of benzene rings is 11. The summed E-state index contributed by atoms with van der Waals surface area (Å²) in [4.78, 5) is 11.1. The summed E-state index contributed by atoms with van der Waals surface area (Å²) in [6.07, 6.45) is 12.5. The van der Waals surface area contributed by atoms with E-state index in [1.54, 1.807) is 0 Å². The summed E-state index contributed by atoms with van der Waals surface area (Å²) >= 11 is 0. The fraction of sp³-hybridized carbons (Fsp3) is 0.146. The molecule has 0 saturated heterocycles. The van der Waals surface area contributed by atoms with Crippen molar-refractivity contribution in [2.75, 3.05) is 0 Å². The van der Waals surface area contributed by atoms with Crippen molar-refractivity contribution < 1.29 is 0 Å². The van der Waals surface area contributed by atoms with Crippen LogP contribution in [0.15, 0.2) is 249 Å². The molecule has 3 aromatic heterocycles. The van der Waals surface area contributed by atoms with Crippen molar-refractivity contribution in [2.45, 2.75) is 76.0 Å². The lowest BCUT2D eigenvalue weighted by molar-refractivity contribution is 0.445. The van der Waals surface area contributed by atoms with Gasteiger partial charge < -0.3 is 9.13 Å². The van der Waals surface area contributed by atoms with Gasteiger partial charge in [0, 0.05) is 60.6 Å². The van der Waals surface area contributed by atoms with E-state index >= 15 is 0 Å². The number of nitrogens with zero attached hydrogens (tertiary/aromatic N) is 4. The highest BCUT2D eigenvalue weighted by atomic mass is 15.0. The molecule has 0 amide bonds. The van der Waals surface area contributed by atoms with E-state index in [2.05, 4.69) is 258 Å². The molecule has 4 aliphatic rings. The number of hydrogen-bond donors (Lipinski definition) is 0. The maximum absolute atomic E-state index is 5.68. The summed E-state index contributed by atoms with van der Waals surface area (Å²) in [6, 6.07) is 93.7. The molecule has 0 N–H and O–H groups in total. The highest BCUT2D eigenvalue weighted by Gasteiger charge is 2.44. The van der Waals surface area contributed by atoms with E-state index < -0.39 is 0 Å². The highest BCUT2D eigenvalue weighted by Crippen LogP contribution is 2.51. The van der Waals surface area contributed by atoms with Crippen LogP contribution in [0.3, 0.4) is 0 Å². The largest absolute Gasteiger partial charge is 0.310 e. The quantitative estimate of drug-likeness (QED) is 0.135. The summed E-state index contributed by atoms with van der Waals surface area (Å²) in [5, 5.41) is 5.54. The standard InChI is InChI=1S/C82H63BN4/c1-9-25-52(26-10-1)60-45-65(56-33-17-5-18-34-56)75-71(47-60)86-73-49-62(70-51-69(58-37-21-7-22-38-58)84-82(85-70)59-39-23-8-24-40-59)50-74-79(73)83(67-43-41-63(77(75)80(67)86)54-29-13-3-14-30-54)68-44-42-64(55-31-15-4-16-32-55)78-76-66(57-35-19-6-20-36-57)46-61(53-27-11-2-12-28-53)48-72(76)87(74)81(68)78/h1-2,5-12,17-28,33-51,54-55H,3-4,13-16,29-32H2. The van der Waals surface area contributed by atoms with Gasteiger partial charge in [-0.2, -0.15) is 0 Å². The molecule has 2 aliphatic carbocycles. The van der Waals surface area contributed by atoms with Gasteiger partial charge in [-0.3, -0.25) is 0 Å². The van der Waals surface area contributed by atoms with Gasteiger partial charge in [-0.05, 0) is 152 Å². The smallest absolute Gasteiger partial charge is 0.252 e. The Balaban J connectivity index is 1.05. The third kappa shape index (κ3) is 8.05. The van der Waals surface area contributed by atoms with Gasteiger partial charge in [0.15, 0.2) is 5.82 Å². The van der Waals surface area contributed by atoms with Gasteiger partial charge in [-0.1, -0.05) is 245 Å². The Morgan fingerprint density at radius 2 is 0.690 bits per heavy atom. The van der Waals surface area contributed by atoms with E-state index in [4.69, 9.17) is 9.97 Å². The maximum Gasteiger partial charge on any atom is 0.252 e. The lowest BCUT2D eigenvalue weighted by Gasteiger charge is -2.35. The Bertz CT molecular complexity index is 4710. The number of hydrogen-bond acceptors (Lipinski definition) is 2. The minimum Gasteiger partial charge on any atom is -0.310 e. The molecule has 2 fully saturated rings. The fourth-order valence-electron chi connectivity index (χ4n) is 16.4. The van der Waals surface area contributed by atoms with E-state index in [0.29, 0.717) is 17.7 Å². The van der Waals surface area contributed by atoms with Gasteiger partial charge in [0.05, 0.1) is 22.4 Å².